The molecule has 0 aliphatic rings. The van der Waals surface area contributed by atoms with Crippen LogP contribution in [0.5, 0.6) is 0 Å². The molecule has 1 aromatic heterocycles. The summed E-state index contributed by atoms with van der Waals surface area (Å²) >= 11 is 0. The van der Waals surface area contributed by atoms with E-state index >= 15 is 0 Å². The third kappa shape index (κ3) is 4.13. The Hall–Kier alpha value is -2.97. The van der Waals surface area contributed by atoms with Crippen LogP contribution < -0.4 is 10.6 Å². The molecule has 0 saturated carbocycles. The molecule has 0 atom stereocenters. The number of nitrogens with zero attached hydrogens (tertiary/aromatic N) is 1. The minimum atomic E-state index is -2.01. The molecular formula is C23H23NO3P+. The average Bonchev–Trinajstić information content (AvgIpc) is 2.78. The molecule has 1 N–H and O–H groups in total. The van der Waals surface area contributed by atoms with E-state index < -0.39 is 13.2 Å². The molecule has 3 aromatic rings. The Kier molecular flexibility index (Phi) is 6.23. The highest BCUT2D eigenvalue weighted by Crippen LogP contribution is 2.54. The molecule has 28 heavy (non-hydrogen) atoms. The first-order valence-electron chi connectivity index (χ1n) is 8.94. The van der Waals surface area contributed by atoms with Gasteiger partial charge in [-0.05, 0) is 36.4 Å². The fraction of sp³-hybridized carbons (Fsp3) is 0.130. The molecule has 0 aliphatic heterocycles. The topological polar surface area (TPSA) is 59.4 Å². The Balaban J connectivity index is 2.16. The highest BCUT2D eigenvalue weighted by Gasteiger charge is 2.41. The number of esters is 1. The second-order valence-electron chi connectivity index (χ2n) is 6.58. The summed E-state index contributed by atoms with van der Waals surface area (Å²) in [5, 5.41) is 13.2. The molecule has 5 heteroatoms. The van der Waals surface area contributed by atoms with Crippen LogP contribution in [0, 0.1) is 0 Å². The maximum absolute atomic E-state index is 12.6. The number of rotatable bonds is 6. The van der Waals surface area contributed by atoms with Gasteiger partial charge < -0.3 is 9.84 Å². The van der Waals surface area contributed by atoms with Gasteiger partial charge in [0.1, 0.15) is 17.5 Å². The van der Waals surface area contributed by atoms with Gasteiger partial charge in [0.15, 0.2) is 0 Å². The number of benzene rings is 2. The van der Waals surface area contributed by atoms with Crippen molar-refractivity contribution in [2.45, 2.75) is 0 Å². The lowest BCUT2D eigenvalue weighted by molar-refractivity contribution is -0.136. The summed E-state index contributed by atoms with van der Waals surface area (Å²) in [5.74, 6) is -0.584. The lowest BCUT2D eigenvalue weighted by Crippen LogP contribution is -2.27. The molecule has 0 fully saturated rings. The van der Waals surface area contributed by atoms with E-state index in [0.717, 1.165) is 10.6 Å². The predicted octanol–water partition coefficient (Wildman–Crippen LogP) is 3.82. The molecule has 4 nitrogen and oxygen atoms in total. The van der Waals surface area contributed by atoms with Crippen LogP contribution in [-0.4, -0.2) is 36.0 Å². The normalized spacial score (nSPS) is 12.2. The summed E-state index contributed by atoms with van der Waals surface area (Å²) in [7, 11) is -0.670. The monoisotopic (exact) mass is 392 g/mol. The lowest BCUT2D eigenvalue weighted by atomic mass is 10.1. The number of carbonyl (C=O) groups excluding carboxylic acids is 1. The minimum absolute atomic E-state index is 0.0627. The molecule has 0 saturated heterocycles. The highest BCUT2D eigenvalue weighted by atomic mass is 31.2. The molecule has 0 amide bonds. The van der Waals surface area contributed by atoms with Crippen molar-refractivity contribution in [1.82, 2.24) is 4.98 Å². The molecule has 0 bridgehead atoms. The van der Waals surface area contributed by atoms with Crippen molar-refractivity contribution in [3.05, 3.63) is 96.3 Å². The van der Waals surface area contributed by atoms with E-state index in [1.165, 1.54) is 7.11 Å². The first-order valence-corrected chi connectivity index (χ1v) is 11.4. The maximum atomic E-state index is 12.6. The Morgan fingerprint density at radius 2 is 1.43 bits per heavy atom. The van der Waals surface area contributed by atoms with Gasteiger partial charge in [0.2, 0.25) is 0 Å². The van der Waals surface area contributed by atoms with Crippen molar-refractivity contribution in [2.24, 2.45) is 0 Å². The van der Waals surface area contributed by atoms with Crippen LogP contribution in [0.25, 0.3) is 5.76 Å². The van der Waals surface area contributed by atoms with Gasteiger partial charge in [-0.25, -0.2) is 4.79 Å². The Bertz CT molecular complexity index is 917. The molecule has 2 aromatic carbocycles. The summed E-state index contributed by atoms with van der Waals surface area (Å²) in [6.45, 7) is 2.18. The van der Waals surface area contributed by atoms with Crippen LogP contribution in [0.4, 0.5) is 0 Å². The van der Waals surface area contributed by atoms with Crippen molar-refractivity contribution >= 4 is 29.6 Å². The van der Waals surface area contributed by atoms with E-state index in [-0.39, 0.29) is 11.3 Å². The fourth-order valence-corrected chi connectivity index (χ4v) is 6.44. The zero-order chi connectivity index (χ0) is 20.0. The van der Waals surface area contributed by atoms with Crippen molar-refractivity contribution in [3.63, 3.8) is 0 Å². The van der Waals surface area contributed by atoms with Crippen molar-refractivity contribution in [3.8, 4) is 0 Å². The zero-order valence-corrected chi connectivity index (χ0v) is 16.8. The predicted molar refractivity (Wildman–Crippen MR) is 116 cm³/mol. The summed E-state index contributed by atoms with van der Waals surface area (Å²) in [6, 6.07) is 23.6. The van der Waals surface area contributed by atoms with Crippen LogP contribution in [0.1, 0.15) is 5.56 Å². The van der Waals surface area contributed by atoms with Crippen LogP contribution in [0.3, 0.4) is 0 Å². The second-order valence-corrected chi connectivity index (χ2v) is 10.3. The Morgan fingerprint density at radius 3 is 1.89 bits per heavy atom. The van der Waals surface area contributed by atoms with Crippen LogP contribution in [0.2, 0.25) is 0 Å². The van der Waals surface area contributed by atoms with E-state index in [0.29, 0.717) is 11.7 Å². The lowest BCUT2D eigenvalue weighted by Gasteiger charge is -2.24. The molecule has 0 spiro atoms. The smallest absolute Gasteiger partial charge is 0.341 e. The standard InChI is InChI=1S/C23H22NO3P/c1-27-23(26)21(22(25)18-13-15-24-16-14-18)17-28(2,19-9-5-3-6-10-19)20-11-7-4-8-12-20/h3-16H,17H2,1-2H3/p+1. The van der Waals surface area contributed by atoms with Gasteiger partial charge in [-0.1, -0.05) is 36.4 Å². The number of pyridine rings is 1. The molecule has 142 valence electrons. The molecule has 1 heterocycles. The minimum Gasteiger partial charge on any atom is -0.507 e. The van der Waals surface area contributed by atoms with E-state index in [1.54, 1.807) is 24.5 Å². The van der Waals surface area contributed by atoms with E-state index in [9.17, 15) is 9.90 Å². The fourth-order valence-electron chi connectivity index (χ4n) is 3.21. The van der Waals surface area contributed by atoms with Gasteiger partial charge in [0.25, 0.3) is 0 Å². The van der Waals surface area contributed by atoms with Gasteiger partial charge in [0.05, 0.1) is 31.6 Å². The third-order valence-corrected chi connectivity index (χ3v) is 8.62. The molecule has 0 aliphatic carbocycles. The van der Waals surface area contributed by atoms with Gasteiger partial charge in [-0.3, -0.25) is 4.98 Å². The summed E-state index contributed by atoms with van der Waals surface area (Å²) < 4.78 is 5.02. The van der Waals surface area contributed by atoms with Gasteiger partial charge in [-0.15, -0.1) is 0 Å². The van der Waals surface area contributed by atoms with Crippen LogP contribution in [-0.2, 0) is 9.53 Å². The van der Waals surface area contributed by atoms with Crippen molar-refractivity contribution in [1.29, 1.82) is 0 Å². The number of aliphatic hydroxyl groups excluding tert-OH is 1. The summed E-state index contributed by atoms with van der Waals surface area (Å²) in [6.07, 6.45) is 3.56. The van der Waals surface area contributed by atoms with E-state index in [4.69, 9.17) is 4.74 Å². The molecule has 0 radical (unpaired) electrons. The number of aliphatic hydroxyl groups is 1. The first-order chi connectivity index (χ1) is 13.6. The van der Waals surface area contributed by atoms with Crippen LogP contribution in [0.15, 0.2) is 90.8 Å². The number of hydrogen-bond donors (Lipinski definition) is 1. The van der Waals surface area contributed by atoms with Gasteiger partial charge in [-0.2, -0.15) is 0 Å². The number of aromatic nitrogens is 1. The summed E-state index contributed by atoms with van der Waals surface area (Å²) in [4.78, 5) is 16.6. The summed E-state index contributed by atoms with van der Waals surface area (Å²) in [5.41, 5.74) is 0.820. The van der Waals surface area contributed by atoms with Gasteiger partial charge in [0, 0.05) is 18.0 Å². The SMILES string of the molecule is COC(=O)/C(C[P+](C)(c1ccccc1)c1ccccc1)=C(/O)c1ccncc1. The first kappa shape index (κ1) is 19.8. The highest BCUT2D eigenvalue weighted by molar-refractivity contribution is 7.89. The second kappa shape index (κ2) is 8.81. The maximum Gasteiger partial charge on any atom is 0.341 e. The largest absolute Gasteiger partial charge is 0.507 e. The Labute approximate surface area is 165 Å². The van der Waals surface area contributed by atoms with E-state index in [2.05, 4.69) is 35.9 Å². The molecule has 0 unspecified atom stereocenters. The zero-order valence-electron chi connectivity index (χ0n) is 15.9. The molecule has 3 rings (SSSR count). The van der Waals surface area contributed by atoms with Crippen LogP contribution >= 0.6 is 7.26 Å². The average molecular weight is 392 g/mol. The number of methoxy groups -OCH3 is 1. The van der Waals surface area contributed by atoms with Gasteiger partial charge >= 0.3 is 5.97 Å². The van der Waals surface area contributed by atoms with Crippen molar-refractivity contribution in [2.75, 3.05) is 19.9 Å². The Morgan fingerprint density at radius 1 is 0.929 bits per heavy atom. The molecular weight excluding hydrogens is 369 g/mol. The number of ether oxygens (including phenoxy) is 1. The van der Waals surface area contributed by atoms with Crippen molar-refractivity contribution < 1.29 is 14.6 Å². The van der Waals surface area contributed by atoms with E-state index in [1.807, 2.05) is 36.4 Å². The number of carbonyl (C=O) groups is 1. The number of hydrogen-bond acceptors (Lipinski definition) is 4. The third-order valence-electron chi connectivity index (χ3n) is 4.80. The quantitative estimate of drug-likeness (QED) is 0.300.